The minimum atomic E-state index is -1.00. The van der Waals surface area contributed by atoms with E-state index in [0.29, 0.717) is 17.8 Å². The standard InChI is InChI=1S/C17H16N4O4/c1-25-15-4-2-3-12(9-15)10-20-11-16(18-19-20)17(22)13-5-7-14(8-6-13)21(23)24/h2-9,11,17,22H,10H2,1H3. The molecule has 8 nitrogen and oxygen atoms in total. The van der Waals surface area contributed by atoms with Gasteiger partial charge in [-0.15, -0.1) is 5.10 Å². The third-order valence-electron chi connectivity index (χ3n) is 3.73. The number of nitro benzene ring substituents is 1. The monoisotopic (exact) mass is 340 g/mol. The van der Waals surface area contributed by atoms with E-state index in [1.165, 1.54) is 24.3 Å². The number of benzene rings is 2. The van der Waals surface area contributed by atoms with Gasteiger partial charge >= 0.3 is 0 Å². The van der Waals surface area contributed by atoms with E-state index < -0.39 is 11.0 Å². The minimum absolute atomic E-state index is 0.0300. The molecule has 0 saturated carbocycles. The molecular formula is C17H16N4O4. The lowest BCUT2D eigenvalue weighted by Gasteiger charge is -2.07. The van der Waals surface area contributed by atoms with Gasteiger partial charge in [-0.3, -0.25) is 10.1 Å². The van der Waals surface area contributed by atoms with Gasteiger partial charge in [-0.05, 0) is 35.4 Å². The van der Waals surface area contributed by atoms with E-state index in [4.69, 9.17) is 4.74 Å². The van der Waals surface area contributed by atoms with Crippen LogP contribution in [-0.4, -0.2) is 32.1 Å². The molecule has 0 spiro atoms. The summed E-state index contributed by atoms with van der Waals surface area (Å²) < 4.78 is 6.80. The summed E-state index contributed by atoms with van der Waals surface area (Å²) in [5, 5.41) is 29.1. The van der Waals surface area contributed by atoms with Crippen molar-refractivity contribution in [3.05, 3.63) is 81.7 Å². The highest BCUT2D eigenvalue weighted by molar-refractivity contribution is 5.35. The molecule has 1 heterocycles. The van der Waals surface area contributed by atoms with Gasteiger partial charge in [0.25, 0.3) is 5.69 Å². The maximum atomic E-state index is 10.7. The molecule has 25 heavy (non-hydrogen) atoms. The summed E-state index contributed by atoms with van der Waals surface area (Å²) >= 11 is 0. The van der Waals surface area contributed by atoms with Crippen LogP contribution in [0.15, 0.2) is 54.7 Å². The van der Waals surface area contributed by atoms with Crippen molar-refractivity contribution in [2.75, 3.05) is 7.11 Å². The molecule has 0 saturated heterocycles. The van der Waals surface area contributed by atoms with Crippen LogP contribution in [-0.2, 0) is 6.54 Å². The predicted octanol–water partition coefficient (Wildman–Crippen LogP) is 2.32. The quantitative estimate of drug-likeness (QED) is 0.545. The van der Waals surface area contributed by atoms with Crippen molar-refractivity contribution in [1.82, 2.24) is 15.0 Å². The summed E-state index contributed by atoms with van der Waals surface area (Å²) in [6.07, 6.45) is 0.644. The van der Waals surface area contributed by atoms with E-state index in [9.17, 15) is 15.2 Å². The minimum Gasteiger partial charge on any atom is -0.497 e. The summed E-state index contributed by atoms with van der Waals surface area (Å²) in [5.41, 5.74) is 1.84. The molecule has 0 amide bonds. The zero-order chi connectivity index (χ0) is 17.8. The van der Waals surface area contributed by atoms with Crippen LogP contribution in [0.25, 0.3) is 0 Å². The number of nitrogens with zero attached hydrogens (tertiary/aromatic N) is 4. The Hall–Kier alpha value is -3.26. The maximum absolute atomic E-state index is 10.7. The summed E-state index contributed by atoms with van der Waals surface area (Å²) in [5.74, 6) is 0.753. The van der Waals surface area contributed by atoms with Crippen LogP contribution in [0.5, 0.6) is 5.75 Å². The molecule has 1 N–H and O–H groups in total. The lowest BCUT2D eigenvalue weighted by atomic mass is 10.1. The van der Waals surface area contributed by atoms with E-state index in [-0.39, 0.29) is 5.69 Å². The summed E-state index contributed by atoms with van der Waals surface area (Å²) in [7, 11) is 1.60. The second-order valence-corrected chi connectivity index (χ2v) is 5.44. The average Bonchev–Trinajstić information content (AvgIpc) is 3.09. The third kappa shape index (κ3) is 3.81. The van der Waals surface area contributed by atoms with E-state index in [0.717, 1.165) is 11.3 Å². The lowest BCUT2D eigenvalue weighted by molar-refractivity contribution is -0.384. The number of methoxy groups -OCH3 is 1. The Morgan fingerprint density at radius 3 is 2.72 bits per heavy atom. The highest BCUT2D eigenvalue weighted by Crippen LogP contribution is 2.22. The molecule has 0 aliphatic heterocycles. The van der Waals surface area contributed by atoms with E-state index in [2.05, 4.69) is 10.3 Å². The summed E-state index contributed by atoms with van der Waals surface area (Å²) in [6, 6.07) is 13.3. The van der Waals surface area contributed by atoms with Crippen LogP contribution in [0, 0.1) is 10.1 Å². The van der Waals surface area contributed by atoms with Gasteiger partial charge in [0.1, 0.15) is 17.5 Å². The van der Waals surface area contributed by atoms with Gasteiger partial charge in [-0.2, -0.15) is 0 Å². The van der Waals surface area contributed by atoms with Crippen LogP contribution in [0.4, 0.5) is 5.69 Å². The van der Waals surface area contributed by atoms with Crippen molar-refractivity contribution in [2.45, 2.75) is 12.6 Å². The molecule has 1 unspecified atom stereocenters. The van der Waals surface area contributed by atoms with Crippen LogP contribution in [0.1, 0.15) is 22.9 Å². The Morgan fingerprint density at radius 1 is 1.28 bits per heavy atom. The predicted molar refractivity (Wildman–Crippen MR) is 89.3 cm³/mol. The maximum Gasteiger partial charge on any atom is 0.269 e. The van der Waals surface area contributed by atoms with Gasteiger partial charge in [-0.1, -0.05) is 17.3 Å². The van der Waals surface area contributed by atoms with Crippen molar-refractivity contribution in [1.29, 1.82) is 0 Å². The zero-order valence-corrected chi connectivity index (χ0v) is 13.4. The number of aliphatic hydroxyl groups excluding tert-OH is 1. The first-order valence-electron chi connectivity index (χ1n) is 7.52. The molecule has 0 aliphatic carbocycles. The van der Waals surface area contributed by atoms with Gasteiger partial charge in [0.15, 0.2) is 0 Å². The fraction of sp³-hybridized carbons (Fsp3) is 0.176. The van der Waals surface area contributed by atoms with Crippen LogP contribution >= 0.6 is 0 Å². The van der Waals surface area contributed by atoms with E-state index in [1.54, 1.807) is 18.0 Å². The summed E-state index contributed by atoms with van der Waals surface area (Å²) in [6.45, 7) is 0.483. The van der Waals surface area contributed by atoms with E-state index in [1.807, 2.05) is 24.3 Å². The molecule has 1 atom stereocenters. The van der Waals surface area contributed by atoms with Gasteiger partial charge < -0.3 is 9.84 Å². The normalized spacial score (nSPS) is 11.9. The molecule has 8 heteroatoms. The van der Waals surface area contributed by atoms with Gasteiger partial charge in [0.05, 0.1) is 24.8 Å². The van der Waals surface area contributed by atoms with Crippen LogP contribution < -0.4 is 4.74 Å². The molecule has 0 radical (unpaired) electrons. The fourth-order valence-corrected chi connectivity index (χ4v) is 2.42. The van der Waals surface area contributed by atoms with Crippen molar-refractivity contribution in [2.24, 2.45) is 0 Å². The number of hydrogen-bond donors (Lipinski definition) is 1. The van der Waals surface area contributed by atoms with Crippen molar-refractivity contribution in [3.63, 3.8) is 0 Å². The lowest BCUT2D eigenvalue weighted by Crippen LogP contribution is -2.01. The third-order valence-corrected chi connectivity index (χ3v) is 3.73. The second kappa shape index (κ2) is 7.10. The Balaban J connectivity index is 1.74. The van der Waals surface area contributed by atoms with Gasteiger partial charge in [0.2, 0.25) is 0 Å². The molecule has 2 aromatic carbocycles. The molecule has 128 valence electrons. The number of rotatable bonds is 6. The highest BCUT2D eigenvalue weighted by atomic mass is 16.6. The Kier molecular flexibility index (Phi) is 4.71. The van der Waals surface area contributed by atoms with Gasteiger partial charge in [-0.25, -0.2) is 4.68 Å². The Bertz CT molecular complexity index is 876. The molecular weight excluding hydrogens is 324 g/mol. The number of hydrogen-bond acceptors (Lipinski definition) is 6. The molecule has 0 bridgehead atoms. The van der Waals surface area contributed by atoms with Crippen molar-refractivity contribution < 1.29 is 14.8 Å². The Labute approximate surface area is 143 Å². The topological polar surface area (TPSA) is 103 Å². The van der Waals surface area contributed by atoms with Crippen LogP contribution in [0.3, 0.4) is 0 Å². The van der Waals surface area contributed by atoms with Crippen LogP contribution in [0.2, 0.25) is 0 Å². The summed E-state index contributed by atoms with van der Waals surface area (Å²) in [4.78, 5) is 10.2. The average molecular weight is 340 g/mol. The number of aliphatic hydroxyl groups is 1. The smallest absolute Gasteiger partial charge is 0.269 e. The van der Waals surface area contributed by atoms with Crippen molar-refractivity contribution >= 4 is 5.69 Å². The molecule has 3 rings (SSSR count). The molecule has 0 fully saturated rings. The number of ether oxygens (including phenoxy) is 1. The van der Waals surface area contributed by atoms with E-state index >= 15 is 0 Å². The second-order valence-electron chi connectivity index (χ2n) is 5.44. The highest BCUT2D eigenvalue weighted by Gasteiger charge is 2.16. The van der Waals surface area contributed by atoms with Crippen molar-refractivity contribution in [3.8, 4) is 5.75 Å². The molecule has 3 aromatic rings. The largest absolute Gasteiger partial charge is 0.497 e. The SMILES string of the molecule is COc1cccc(Cn2cc(C(O)c3ccc([N+](=O)[O-])cc3)nn2)c1. The number of nitro groups is 1. The first-order valence-corrected chi connectivity index (χ1v) is 7.52. The first-order chi connectivity index (χ1) is 12.1. The van der Waals surface area contributed by atoms with Gasteiger partial charge in [0, 0.05) is 12.1 Å². The Morgan fingerprint density at radius 2 is 2.04 bits per heavy atom. The zero-order valence-electron chi connectivity index (χ0n) is 13.4. The molecule has 1 aromatic heterocycles. The first kappa shape index (κ1) is 16.6. The fourth-order valence-electron chi connectivity index (χ4n) is 2.42. The number of non-ortho nitro benzene ring substituents is 1. The molecule has 0 aliphatic rings. The number of aromatic nitrogens is 3.